The van der Waals surface area contributed by atoms with Crippen molar-refractivity contribution >= 4 is 22.8 Å². The molecule has 0 saturated heterocycles. The molecule has 0 radical (unpaired) electrons. The molecule has 35 heavy (non-hydrogen) atoms. The van der Waals surface area contributed by atoms with Gasteiger partial charge in [-0.15, -0.1) is 0 Å². The number of carbonyl (C=O) groups is 2. The maximum atomic E-state index is 14.0. The molecular weight excluding hydrogens is 440 g/mol. The minimum Gasteiger partial charge on any atom is -0.496 e. The molecule has 7 nitrogen and oxygen atoms in total. The van der Waals surface area contributed by atoms with Crippen LogP contribution in [0.2, 0.25) is 0 Å². The van der Waals surface area contributed by atoms with Crippen LogP contribution in [0.1, 0.15) is 56.2 Å². The Morgan fingerprint density at radius 1 is 1.14 bits per heavy atom. The summed E-state index contributed by atoms with van der Waals surface area (Å²) in [6.07, 6.45) is 3.26. The van der Waals surface area contributed by atoms with Crippen LogP contribution in [0.4, 0.5) is 0 Å². The second-order valence-corrected chi connectivity index (χ2v) is 10.3. The van der Waals surface area contributed by atoms with Gasteiger partial charge < -0.3 is 19.5 Å². The molecule has 2 aromatic carbocycles. The molecule has 1 aliphatic heterocycles. The fourth-order valence-electron chi connectivity index (χ4n) is 5.69. The number of aromatic nitrogens is 2. The van der Waals surface area contributed by atoms with E-state index in [0.29, 0.717) is 30.0 Å². The number of nitrogens with one attached hydrogen (secondary N) is 1. The van der Waals surface area contributed by atoms with Crippen LogP contribution in [-0.4, -0.2) is 45.0 Å². The van der Waals surface area contributed by atoms with Crippen molar-refractivity contribution in [3.8, 4) is 5.75 Å². The molecule has 1 N–H and O–H groups in total. The first kappa shape index (κ1) is 23.4. The number of ether oxygens (including phenoxy) is 1. The predicted octanol–water partition coefficient (Wildman–Crippen LogP) is 4.40. The number of methoxy groups -OCH3 is 1. The number of nitrogens with zero attached hydrogens (tertiary/aromatic N) is 3. The van der Waals surface area contributed by atoms with Crippen LogP contribution in [-0.2, 0) is 17.9 Å². The third kappa shape index (κ3) is 3.97. The lowest BCUT2D eigenvalue weighted by molar-refractivity contribution is -0.134. The van der Waals surface area contributed by atoms with Crippen molar-refractivity contribution in [3.05, 3.63) is 59.9 Å². The van der Waals surface area contributed by atoms with Crippen LogP contribution in [0.25, 0.3) is 11.0 Å². The molecule has 0 spiro atoms. The van der Waals surface area contributed by atoms with Crippen molar-refractivity contribution in [3.63, 3.8) is 0 Å². The molecule has 0 unspecified atom stereocenters. The standard InChI is InChI=1S/C28H34N4O3/c1-18-10-9-13-21(19(18)2)30-27(34)28(3)17-31-23-14-7-6-12-22(23)29-25(31)26(33)32(28)16-20-11-5-8-15-24(20)35-4/h5-8,11-12,14-15,18-19,21H,9-10,13,16-17H2,1-4H3,(H,30,34)/t18-,19+,21+,28+/m0/s1. The van der Waals surface area contributed by atoms with Crippen molar-refractivity contribution in [1.29, 1.82) is 0 Å². The fourth-order valence-corrected chi connectivity index (χ4v) is 5.69. The van der Waals surface area contributed by atoms with E-state index in [9.17, 15) is 9.59 Å². The lowest BCUT2D eigenvalue weighted by atomic mass is 9.77. The number of imidazole rings is 1. The van der Waals surface area contributed by atoms with E-state index in [1.54, 1.807) is 12.0 Å². The number of hydrogen-bond acceptors (Lipinski definition) is 4. The third-order valence-corrected chi connectivity index (χ3v) is 8.19. The zero-order valence-corrected chi connectivity index (χ0v) is 21.0. The summed E-state index contributed by atoms with van der Waals surface area (Å²) < 4.78 is 7.46. The average Bonchev–Trinajstić information content (AvgIpc) is 3.23. The summed E-state index contributed by atoms with van der Waals surface area (Å²) in [6.45, 7) is 6.95. The van der Waals surface area contributed by atoms with Gasteiger partial charge in [0.25, 0.3) is 5.91 Å². The normalized spacial score (nSPS) is 26.5. The monoisotopic (exact) mass is 474 g/mol. The summed E-state index contributed by atoms with van der Waals surface area (Å²) in [4.78, 5) is 34.3. The van der Waals surface area contributed by atoms with Crippen molar-refractivity contribution in [1.82, 2.24) is 19.8 Å². The maximum Gasteiger partial charge on any atom is 0.291 e. The van der Waals surface area contributed by atoms with Gasteiger partial charge in [0, 0.05) is 11.6 Å². The van der Waals surface area contributed by atoms with E-state index < -0.39 is 5.54 Å². The highest BCUT2D eigenvalue weighted by Crippen LogP contribution is 2.35. The van der Waals surface area contributed by atoms with E-state index >= 15 is 0 Å². The smallest absolute Gasteiger partial charge is 0.291 e. The number of fused-ring (bicyclic) bond motifs is 3. The molecule has 2 amide bonds. The number of carbonyl (C=O) groups excluding carboxylic acids is 2. The van der Waals surface area contributed by atoms with Crippen LogP contribution in [0.15, 0.2) is 48.5 Å². The molecule has 1 aliphatic carbocycles. The largest absolute Gasteiger partial charge is 0.496 e. The number of hydrogen-bond donors (Lipinski definition) is 1. The first-order valence-corrected chi connectivity index (χ1v) is 12.5. The van der Waals surface area contributed by atoms with Crippen molar-refractivity contribution < 1.29 is 14.3 Å². The summed E-state index contributed by atoms with van der Waals surface area (Å²) in [7, 11) is 1.62. The quantitative estimate of drug-likeness (QED) is 0.595. The Morgan fingerprint density at radius 3 is 2.69 bits per heavy atom. The molecule has 5 rings (SSSR count). The number of para-hydroxylation sites is 3. The SMILES string of the molecule is COc1ccccc1CN1C(=O)c2nc3ccccc3n2C[C@]1(C)C(=O)N[C@@H]1CCC[C@H](C)[C@H]1C. The van der Waals surface area contributed by atoms with E-state index in [-0.39, 0.29) is 24.4 Å². The zero-order chi connectivity index (χ0) is 24.7. The molecular formula is C28H34N4O3. The molecule has 0 bridgehead atoms. The first-order chi connectivity index (χ1) is 16.8. The van der Waals surface area contributed by atoms with E-state index in [2.05, 4.69) is 24.1 Å². The molecule has 1 saturated carbocycles. The van der Waals surface area contributed by atoms with Crippen LogP contribution < -0.4 is 10.1 Å². The highest BCUT2D eigenvalue weighted by atomic mass is 16.5. The minimum atomic E-state index is -1.09. The van der Waals surface area contributed by atoms with Crippen LogP contribution in [0.5, 0.6) is 5.75 Å². The van der Waals surface area contributed by atoms with Crippen LogP contribution >= 0.6 is 0 Å². The van der Waals surface area contributed by atoms with Gasteiger partial charge in [-0.1, -0.05) is 57.0 Å². The minimum absolute atomic E-state index is 0.104. The van der Waals surface area contributed by atoms with E-state index in [1.165, 1.54) is 6.42 Å². The molecule has 2 heterocycles. The summed E-state index contributed by atoms with van der Waals surface area (Å²) >= 11 is 0. The number of benzene rings is 2. The zero-order valence-electron chi connectivity index (χ0n) is 21.0. The Kier molecular flexibility index (Phi) is 6.03. The topological polar surface area (TPSA) is 76.5 Å². The molecule has 7 heteroatoms. The van der Waals surface area contributed by atoms with Gasteiger partial charge >= 0.3 is 0 Å². The van der Waals surface area contributed by atoms with Crippen molar-refractivity contribution in [2.75, 3.05) is 7.11 Å². The first-order valence-electron chi connectivity index (χ1n) is 12.5. The van der Waals surface area contributed by atoms with Gasteiger partial charge in [-0.05, 0) is 43.4 Å². The second-order valence-electron chi connectivity index (χ2n) is 10.3. The molecule has 3 aromatic rings. The third-order valence-electron chi connectivity index (χ3n) is 8.19. The molecule has 4 atom stereocenters. The summed E-state index contributed by atoms with van der Waals surface area (Å²) in [5.41, 5.74) is 1.39. The van der Waals surface area contributed by atoms with Crippen LogP contribution in [0, 0.1) is 11.8 Å². The second kappa shape index (κ2) is 9.02. The number of rotatable bonds is 5. The molecule has 1 aromatic heterocycles. The van der Waals surface area contributed by atoms with Crippen LogP contribution in [0.3, 0.4) is 0 Å². The Bertz CT molecular complexity index is 1270. The summed E-state index contributed by atoms with van der Waals surface area (Å²) in [5.74, 6) is 1.64. The lowest BCUT2D eigenvalue weighted by Crippen LogP contribution is -2.65. The van der Waals surface area contributed by atoms with Crippen molar-refractivity contribution in [2.24, 2.45) is 11.8 Å². The highest BCUT2D eigenvalue weighted by molar-refractivity contribution is 6.01. The molecule has 184 valence electrons. The van der Waals surface area contributed by atoms with Gasteiger partial charge in [0.2, 0.25) is 5.91 Å². The highest BCUT2D eigenvalue weighted by Gasteiger charge is 2.49. The van der Waals surface area contributed by atoms with Gasteiger partial charge in [-0.25, -0.2) is 4.98 Å². The van der Waals surface area contributed by atoms with Gasteiger partial charge in [0.1, 0.15) is 11.3 Å². The van der Waals surface area contributed by atoms with Crippen molar-refractivity contribution in [2.45, 2.75) is 64.7 Å². The fraction of sp³-hybridized carbons (Fsp3) is 0.464. The Hall–Kier alpha value is -3.35. The van der Waals surface area contributed by atoms with Gasteiger partial charge in [0.15, 0.2) is 5.82 Å². The van der Waals surface area contributed by atoms with E-state index in [0.717, 1.165) is 29.4 Å². The van der Waals surface area contributed by atoms with E-state index in [4.69, 9.17) is 4.74 Å². The number of amides is 2. The lowest BCUT2D eigenvalue weighted by Gasteiger charge is -2.45. The van der Waals surface area contributed by atoms with Gasteiger partial charge in [0.05, 0.1) is 31.2 Å². The Morgan fingerprint density at radius 2 is 1.89 bits per heavy atom. The Balaban J connectivity index is 1.56. The maximum absolute atomic E-state index is 14.0. The molecule has 1 fully saturated rings. The predicted molar refractivity (Wildman–Crippen MR) is 135 cm³/mol. The molecule has 2 aliphatic rings. The Labute approximate surface area is 206 Å². The summed E-state index contributed by atoms with van der Waals surface area (Å²) in [5, 5.41) is 3.35. The summed E-state index contributed by atoms with van der Waals surface area (Å²) in [6, 6.07) is 15.4. The van der Waals surface area contributed by atoms with E-state index in [1.807, 2.05) is 60.0 Å². The van der Waals surface area contributed by atoms with Gasteiger partial charge in [-0.3, -0.25) is 9.59 Å². The van der Waals surface area contributed by atoms with Gasteiger partial charge in [-0.2, -0.15) is 0 Å². The average molecular weight is 475 g/mol.